The number of nitrogens with zero attached hydrogens (tertiary/aromatic N) is 2. The molecular weight excluding hydrogens is 378 g/mol. The Morgan fingerprint density at radius 3 is 2.64 bits per heavy atom. The van der Waals surface area contributed by atoms with Crippen molar-refractivity contribution in [3.8, 4) is 11.5 Å². The normalized spacial score (nSPS) is 13.2. The lowest BCUT2D eigenvalue weighted by Crippen LogP contribution is -2.29. The van der Waals surface area contributed by atoms with Crippen molar-refractivity contribution in [2.24, 2.45) is 0 Å². The number of hydrogen-bond donors (Lipinski definition) is 1. The van der Waals surface area contributed by atoms with Crippen LogP contribution in [0.3, 0.4) is 0 Å². The van der Waals surface area contributed by atoms with E-state index >= 15 is 0 Å². The zero-order valence-electron chi connectivity index (χ0n) is 15.0. The molecule has 0 unspecified atom stereocenters. The van der Waals surface area contributed by atoms with E-state index in [9.17, 15) is 13.2 Å². The summed E-state index contributed by atoms with van der Waals surface area (Å²) < 4.78 is 33.5. The third-order valence-electron chi connectivity index (χ3n) is 4.34. The minimum atomic E-state index is -3.82. The van der Waals surface area contributed by atoms with Gasteiger partial charge in [0.2, 0.25) is 0 Å². The Labute approximate surface area is 162 Å². The summed E-state index contributed by atoms with van der Waals surface area (Å²) in [6.45, 7) is 2.32. The van der Waals surface area contributed by atoms with Gasteiger partial charge in [0.25, 0.3) is 15.9 Å². The number of rotatable bonds is 4. The van der Waals surface area contributed by atoms with Crippen molar-refractivity contribution in [3.63, 3.8) is 0 Å². The minimum Gasteiger partial charge on any atom is -0.454 e. The zero-order chi connectivity index (χ0) is 19.7. The topological polar surface area (TPSA) is 88.6 Å². The number of para-hydroxylation sites is 2. The van der Waals surface area contributed by atoms with Gasteiger partial charge in [0.05, 0.1) is 11.3 Å². The second-order valence-corrected chi connectivity index (χ2v) is 7.81. The smallest absolute Gasteiger partial charge is 0.263 e. The van der Waals surface area contributed by atoms with Crippen molar-refractivity contribution in [3.05, 3.63) is 72.6 Å². The lowest BCUT2D eigenvalue weighted by molar-refractivity contribution is 0.0988. The number of carbonyl (C=O) groups excluding carboxylic acids is 1. The van der Waals surface area contributed by atoms with Crippen LogP contribution in [0, 0.1) is 0 Å². The Morgan fingerprint density at radius 2 is 1.89 bits per heavy atom. The van der Waals surface area contributed by atoms with Gasteiger partial charge in [0, 0.05) is 24.6 Å². The molecule has 0 saturated heterocycles. The number of amides is 1. The van der Waals surface area contributed by atoms with Crippen molar-refractivity contribution in [1.82, 2.24) is 4.98 Å². The molecule has 0 saturated carbocycles. The van der Waals surface area contributed by atoms with Crippen LogP contribution in [0.4, 0.5) is 11.4 Å². The van der Waals surface area contributed by atoms with E-state index in [1.54, 1.807) is 29.2 Å². The Hall–Kier alpha value is -3.39. The average molecular weight is 395 g/mol. The van der Waals surface area contributed by atoms with Gasteiger partial charge in [0.1, 0.15) is 10.6 Å². The SMILES string of the molecule is CCN1C(=O)c2cc(NS(=O)(=O)c3cccnc3)ccc2Oc2ccccc21. The molecule has 142 valence electrons. The van der Waals surface area contributed by atoms with Crippen LogP contribution in [0.2, 0.25) is 0 Å². The van der Waals surface area contributed by atoms with E-state index in [2.05, 4.69) is 9.71 Å². The second kappa shape index (κ2) is 6.97. The molecule has 3 aromatic rings. The Bertz CT molecular complexity index is 1150. The number of fused-ring (bicyclic) bond motifs is 2. The average Bonchev–Trinajstić information content (AvgIpc) is 2.82. The molecule has 1 aliphatic heterocycles. The summed E-state index contributed by atoms with van der Waals surface area (Å²) in [6.07, 6.45) is 2.75. The largest absolute Gasteiger partial charge is 0.454 e. The second-order valence-electron chi connectivity index (χ2n) is 6.12. The molecule has 0 radical (unpaired) electrons. The highest BCUT2D eigenvalue weighted by Gasteiger charge is 2.27. The predicted octanol–water partition coefficient (Wildman–Crippen LogP) is 3.65. The number of benzene rings is 2. The fourth-order valence-corrected chi connectivity index (χ4v) is 4.04. The highest BCUT2D eigenvalue weighted by molar-refractivity contribution is 7.92. The van der Waals surface area contributed by atoms with E-state index in [0.717, 1.165) is 0 Å². The van der Waals surface area contributed by atoms with E-state index in [-0.39, 0.29) is 22.1 Å². The number of anilines is 2. The highest BCUT2D eigenvalue weighted by Crippen LogP contribution is 2.39. The number of nitrogens with one attached hydrogen (secondary N) is 1. The fraction of sp³-hybridized carbons (Fsp3) is 0.100. The summed E-state index contributed by atoms with van der Waals surface area (Å²) >= 11 is 0. The van der Waals surface area contributed by atoms with Crippen molar-refractivity contribution in [1.29, 1.82) is 0 Å². The molecule has 1 N–H and O–H groups in total. The number of hydrogen-bond acceptors (Lipinski definition) is 5. The number of aromatic nitrogens is 1. The molecule has 1 amide bonds. The zero-order valence-corrected chi connectivity index (χ0v) is 15.8. The van der Waals surface area contributed by atoms with Gasteiger partial charge in [0.15, 0.2) is 5.75 Å². The first-order valence-electron chi connectivity index (χ1n) is 8.65. The van der Waals surface area contributed by atoms with Crippen LogP contribution in [-0.4, -0.2) is 25.9 Å². The van der Waals surface area contributed by atoms with Gasteiger partial charge < -0.3 is 9.64 Å². The van der Waals surface area contributed by atoms with Gasteiger partial charge in [-0.2, -0.15) is 0 Å². The van der Waals surface area contributed by atoms with Crippen LogP contribution >= 0.6 is 0 Å². The van der Waals surface area contributed by atoms with Crippen LogP contribution in [0.25, 0.3) is 0 Å². The molecule has 0 bridgehead atoms. The quantitative estimate of drug-likeness (QED) is 0.728. The van der Waals surface area contributed by atoms with Crippen LogP contribution in [0.15, 0.2) is 71.9 Å². The summed E-state index contributed by atoms with van der Waals surface area (Å²) in [4.78, 5) is 18.5. The van der Waals surface area contributed by atoms with Crippen molar-refractivity contribution >= 4 is 27.3 Å². The maximum atomic E-state index is 13.1. The van der Waals surface area contributed by atoms with E-state index in [1.807, 2.05) is 25.1 Å². The number of sulfonamides is 1. The Kier molecular flexibility index (Phi) is 4.48. The monoisotopic (exact) mass is 395 g/mol. The summed E-state index contributed by atoms with van der Waals surface area (Å²) in [5.74, 6) is 0.683. The highest BCUT2D eigenvalue weighted by atomic mass is 32.2. The molecule has 7 nitrogen and oxygen atoms in total. The molecule has 0 fully saturated rings. The van der Waals surface area contributed by atoms with Crippen LogP contribution in [0.1, 0.15) is 17.3 Å². The maximum Gasteiger partial charge on any atom is 0.263 e. The first kappa shape index (κ1) is 18.0. The summed E-state index contributed by atoms with van der Waals surface area (Å²) in [5.41, 5.74) is 1.22. The third kappa shape index (κ3) is 3.18. The van der Waals surface area contributed by atoms with E-state index in [0.29, 0.717) is 23.7 Å². The lowest BCUT2D eigenvalue weighted by Gasteiger charge is -2.19. The molecule has 8 heteroatoms. The number of carbonyl (C=O) groups is 1. The molecule has 4 rings (SSSR count). The summed E-state index contributed by atoms with van der Waals surface area (Å²) in [6, 6.07) is 14.9. The van der Waals surface area contributed by atoms with Gasteiger partial charge >= 0.3 is 0 Å². The van der Waals surface area contributed by atoms with Crippen LogP contribution in [-0.2, 0) is 10.0 Å². The number of pyridine rings is 1. The van der Waals surface area contributed by atoms with Gasteiger partial charge in [-0.05, 0) is 49.4 Å². The molecule has 0 aliphatic carbocycles. The van der Waals surface area contributed by atoms with Gasteiger partial charge in [-0.25, -0.2) is 8.42 Å². The molecule has 1 aromatic heterocycles. The minimum absolute atomic E-state index is 0.0371. The molecule has 2 heterocycles. The predicted molar refractivity (Wildman–Crippen MR) is 105 cm³/mol. The Morgan fingerprint density at radius 1 is 1.07 bits per heavy atom. The van der Waals surface area contributed by atoms with E-state index < -0.39 is 10.0 Å². The molecule has 1 aliphatic rings. The molecule has 0 atom stereocenters. The lowest BCUT2D eigenvalue weighted by atomic mass is 10.1. The van der Waals surface area contributed by atoms with Crippen molar-refractivity contribution in [2.75, 3.05) is 16.2 Å². The van der Waals surface area contributed by atoms with Crippen LogP contribution < -0.4 is 14.4 Å². The molecule has 28 heavy (non-hydrogen) atoms. The standard InChI is InChI=1S/C20H17N3O4S/c1-2-23-17-7-3-4-8-19(17)27-18-10-9-14(12-16(18)20(23)24)22-28(25,26)15-6-5-11-21-13-15/h3-13,22H,2H2,1H3. The molecular formula is C20H17N3O4S. The summed E-state index contributed by atoms with van der Waals surface area (Å²) in [7, 11) is -3.82. The van der Waals surface area contributed by atoms with E-state index in [4.69, 9.17) is 4.74 Å². The molecule has 0 spiro atoms. The van der Waals surface area contributed by atoms with Gasteiger partial charge in [-0.15, -0.1) is 0 Å². The first-order valence-corrected chi connectivity index (χ1v) is 10.1. The Balaban J connectivity index is 1.73. The fourth-order valence-electron chi connectivity index (χ4n) is 3.02. The number of ether oxygens (including phenoxy) is 1. The first-order chi connectivity index (χ1) is 13.5. The van der Waals surface area contributed by atoms with Crippen molar-refractivity contribution < 1.29 is 17.9 Å². The summed E-state index contributed by atoms with van der Waals surface area (Å²) in [5, 5.41) is 0. The molecule has 2 aromatic carbocycles. The van der Waals surface area contributed by atoms with Crippen LogP contribution in [0.5, 0.6) is 11.5 Å². The van der Waals surface area contributed by atoms with E-state index in [1.165, 1.54) is 24.5 Å². The van der Waals surface area contributed by atoms with Crippen molar-refractivity contribution in [2.45, 2.75) is 11.8 Å². The maximum absolute atomic E-state index is 13.1. The third-order valence-corrected chi connectivity index (χ3v) is 5.71. The van der Waals surface area contributed by atoms with Gasteiger partial charge in [-0.3, -0.25) is 14.5 Å². The van der Waals surface area contributed by atoms with Gasteiger partial charge in [-0.1, -0.05) is 12.1 Å².